The van der Waals surface area contributed by atoms with Crippen molar-refractivity contribution in [3.8, 4) is 0 Å². The first-order valence-electron chi connectivity index (χ1n) is 7.43. The Labute approximate surface area is 129 Å². The van der Waals surface area contributed by atoms with Crippen molar-refractivity contribution in [3.05, 3.63) is 22.4 Å². The van der Waals surface area contributed by atoms with Gasteiger partial charge < -0.3 is 15.5 Å². The van der Waals surface area contributed by atoms with Gasteiger partial charge in [-0.25, -0.2) is 0 Å². The van der Waals surface area contributed by atoms with E-state index in [2.05, 4.69) is 10.6 Å². The molecule has 21 heavy (non-hydrogen) atoms. The van der Waals surface area contributed by atoms with Crippen molar-refractivity contribution in [2.45, 2.75) is 19.3 Å². The van der Waals surface area contributed by atoms with Crippen LogP contribution in [0.2, 0.25) is 0 Å². The van der Waals surface area contributed by atoms with Crippen LogP contribution in [0.3, 0.4) is 0 Å². The highest BCUT2D eigenvalue weighted by atomic mass is 32.1. The zero-order chi connectivity index (χ0) is 15.1. The molecule has 0 radical (unpaired) electrons. The van der Waals surface area contributed by atoms with E-state index in [4.69, 9.17) is 0 Å². The number of hydrogen-bond acceptors (Lipinski definition) is 4. The van der Waals surface area contributed by atoms with E-state index in [-0.39, 0.29) is 11.8 Å². The monoisotopic (exact) mass is 309 g/mol. The molecule has 2 amide bonds. The van der Waals surface area contributed by atoms with Gasteiger partial charge in [0.25, 0.3) is 5.91 Å². The first-order chi connectivity index (χ1) is 10.2. The fraction of sp³-hybridized carbons (Fsp3) is 0.600. The number of amides is 2. The molecule has 0 bridgehead atoms. The Hall–Kier alpha value is -1.40. The number of thiophene rings is 1. The van der Waals surface area contributed by atoms with E-state index in [1.165, 1.54) is 11.3 Å². The zero-order valence-corrected chi connectivity index (χ0v) is 13.2. The lowest BCUT2D eigenvalue weighted by atomic mass is 9.96. The second-order valence-corrected chi connectivity index (χ2v) is 6.18. The van der Waals surface area contributed by atoms with Crippen LogP contribution in [0.15, 0.2) is 16.8 Å². The third-order valence-electron chi connectivity index (χ3n) is 3.87. The number of nitrogens with one attached hydrogen (secondary N) is 2. The molecular formula is C15H23N3O2S. The van der Waals surface area contributed by atoms with E-state index in [1.807, 2.05) is 22.7 Å². The van der Waals surface area contributed by atoms with Crippen LogP contribution < -0.4 is 10.6 Å². The first-order valence-corrected chi connectivity index (χ1v) is 8.37. The van der Waals surface area contributed by atoms with Crippen LogP contribution in [-0.4, -0.2) is 49.9 Å². The molecule has 0 atom stereocenters. The summed E-state index contributed by atoms with van der Waals surface area (Å²) in [7, 11) is 1.97. The minimum atomic E-state index is -0.100. The summed E-state index contributed by atoms with van der Waals surface area (Å²) in [5, 5.41) is 9.67. The molecule has 0 saturated carbocycles. The van der Waals surface area contributed by atoms with Gasteiger partial charge in [-0.3, -0.25) is 9.59 Å². The third-order valence-corrected chi connectivity index (χ3v) is 4.55. The van der Waals surface area contributed by atoms with Crippen molar-refractivity contribution in [2.24, 2.45) is 5.92 Å². The Balaban J connectivity index is 1.65. The van der Waals surface area contributed by atoms with Crippen molar-refractivity contribution < 1.29 is 9.59 Å². The van der Waals surface area contributed by atoms with Crippen LogP contribution in [0, 0.1) is 5.92 Å². The average Bonchev–Trinajstić information content (AvgIpc) is 3.02. The van der Waals surface area contributed by atoms with Gasteiger partial charge in [-0.2, -0.15) is 11.3 Å². The molecule has 1 aromatic heterocycles. The number of rotatable bonds is 6. The molecule has 0 aromatic carbocycles. The van der Waals surface area contributed by atoms with E-state index in [1.54, 1.807) is 6.07 Å². The number of carbonyl (C=O) groups excluding carboxylic acids is 2. The SMILES string of the molecule is CNCC1CCN(C(=O)CCNC(=O)c2ccsc2)CC1. The van der Waals surface area contributed by atoms with Crippen LogP contribution in [0.5, 0.6) is 0 Å². The molecule has 2 heterocycles. The van der Waals surface area contributed by atoms with Gasteiger partial charge in [0.2, 0.25) is 5.91 Å². The lowest BCUT2D eigenvalue weighted by molar-refractivity contribution is -0.132. The molecule has 0 spiro atoms. The summed E-state index contributed by atoms with van der Waals surface area (Å²) < 4.78 is 0. The van der Waals surface area contributed by atoms with E-state index in [9.17, 15) is 9.59 Å². The standard InChI is InChI=1S/C15H23N3O2S/c1-16-10-12-3-7-18(8-4-12)14(19)2-6-17-15(20)13-5-9-21-11-13/h5,9,11-12,16H,2-4,6-8,10H2,1H3,(H,17,20). The van der Waals surface area contributed by atoms with Crippen LogP contribution in [0.25, 0.3) is 0 Å². The third kappa shape index (κ3) is 4.82. The topological polar surface area (TPSA) is 61.4 Å². The Morgan fingerprint density at radius 1 is 1.38 bits per heavy atom. The largest absolute Gasteiger partial charge is 0.351 e. The van der Waals surface area contributed by atoms with Crippen molar-refractivity contribution in [2.75, 3.05) is 33.2 Å². The second kappa shape index (κ2) is 8.14. The fourth-order valence-corrected chi connectivity index (χ4v) is 3.25. The van der Waals surface area contributed by atoms with E-state index in [0.717, 1.165) is 32.5 Å². The van der Waals surface area contributed by atoms with Crippen LogP contribution >= 0.6 is 11.3 Å². The van der Waals surface area contributed by atoms with E-state index in [0.29, 0.717) is 24.4 Å². The maximum Gasteiger partial charge on any atom is 0.252 e. The highest BCUT2D eigenvalue weighted by Gasteiger charge is 2.22. The summed E-state index contributed by atoms with van der Waals surface area (Å²) in [5.74, 6) is 0.720. The van der Waals surface area contributed by atoms with Crippen LogP contribution in [0.4, 0.5) is 0 Å². The lowest BCUT2D eigenvalue weighted by Gasteiger charge is -2.32. The Bertz CT molecular complexity index is 453. The lowest BCUT2D eigenvalue weighted by Crippen LogP contribution is -2.41. The molecule has 2 N–H and O–H groups in total. The number of carbonyl (C=O) groups is 2. The second-order valence-electron chi connectivity index (χ2n) is 5.40. The number of likely N-dealkylation sites (tertiary alicyclic amines) is 1. The van der Waals surface area contributed by atoms with Crippen molar-refractivity contribution in [1.82, 2.24) is 15.5 Å². The molecule has 0 aliphatic carbocycles. The molecule has 1 saturated heterocycles. The smallest absolute Gasteiger partial charge is 0.252 e. The molecular weight excluding hydrogens is 286 g/mol. The molecule has 6 heteroatoms. The maximum absolute atomic E-state index is 12.1. The quantitative estimate of drug-likeness (QED) is 0.833. The van der Waals surface area contributed by atoms with Crippen molar-refractivity contribution >= 4 is 23.2 Å². The van der Waals surface area contributed by atoms with Gasteiger partial charge >= 0.3 is 0 Å². The summed E-state index contributed by atoms with van der Waals surface area (Å²) in [4.78, 5) is 25.8. The summed E-state index contributed by atoms with van der Waals surface area (Å²) in [6.45, 7) is 3.11. The highest BCUT2D eigenvalue weighted by Crippen LogP contribution is 2.16. The average molecular weight is 309 g/mol. The molecule has 5 nitrogen and oxygen atoms in total. The van der Waals surface area contributed by atoms with Gasteiger partial charge in [0.15, 0.2) is 0 Å². The van der Waals surface area contributed by atoms with E-state index < -0.39 is 0 Å². The fourth-order valence-electron chi connectivity index (χ4n) is 2.61. The van der Waals surface area contributed by atoms with Gasteiger partial charge in [-0.1, -0.05) is 0 Å². The maximum atomic E-state index is 12.1. The molecule has 1 aliphatic rings. The summed E-state index contributed by atoms with van der Waals surface area (Å²) in [5.41, 5.74) is 0.667. The summed E-state index contributed by atoms with van der Waals surface area (Å²) >= 11 is 1.49. The zero-order valence-electron chi connectivity index (χ0n) is 12.4. The molecule has 0 unspecified atom stereocenters. The number of piperidine rings is 1. The van der Waals surface area contributed by atoms with Gasteiger partial charge in [-0.15, -0.1) is 0 Å². The number of hydrogen-bond donors (Lipinski definition) is 2. The van der Waals surface area contributed by atoms with Crippen molar-refractivity contribution in [3.63, 3.8) is 0 Å². The molecule has 116 valence electrons. The van der Waals surface area contributed by atoms with Gasteiger partial charge in [0.1, 0.15) is 0 Å². The normalized spacial score (nSPS) is 16.0. The molecule has 1 fully saturated rings. The highest BCUT2D eigenvalue weighted by molar-refractivity contribution is 7.08. The van der Waals surface area contributed by atoms with Gasteiger partial charge in [0, 0.05) is 37.0 Å². The minimum absolute atomic E-state index is 0.100. The summed E-state index contributed by atoms with van der Waals surface area (Å²) in [6.07, 6.45) is 2.51. The van der Waals surface area contributed by atoms with Crippen LogP contribution in [-0.2, 0) is 4.79 Å². The Morgan fingerprint density at radius 2 is 2.14 bits per heavy atom. The minimum Gasteiger partial charge on any atom is -0.351 e. The predicted octanol–water partition coefficient (Wildman–Crippen LogP) is 1.33. The molecule has 1 aromatic rings. The predicted molar refractivity (Wildman–Crippen MR) is 84.5 cm³/mol. The van der Waals surface area contributed by atoms with Gasteiger partial charge in [0.05, 0.1) is 0 Å². The Kier molecular flexibility index (Phi) is 6.20. The van der Waals surface area contributed by atoms with Gasteiger partial charge in [-0.05, 0) is 43.8 Å². The first kappa shape index (κ1) is 16.0. The Morgan fingerprint density at radius 3 is 2.76 bits per heavy atom. The number of nitrogens with zero attached hydrogens (tertiary/aromatic N) is 1. The summed E-state index contributed by atoms with van der Waals surface area (Å²) in [6, 6.07) is 1.79. The van der Waals surface area contributed by atoms with Crippen LogP contribution in [0.1, 0.15) is 29.6 Å². The molecule has 1 aliphatic heterocycles. The van der Waals surface area contributed by atoms with E-state index >= 15 is 0 Å². The van der Waals surface area contributed by atoms with Crippen molar-refractivity contribution in [1.29, 1.82) is 0 Å². The molecule has 2 rings (SSSR count).